The number of aliphatic hydroxyl groups excluding tert-OH is 1. The fraction of sp³-hybridized carbons (Fsp3) is 0.216. The first kappa shape index (κ1) is 31.4. The maximum absolute atomic E-state index is 15.4. The molecular formula is C37H32Cl2FN3O6. The smallest absolute Gasteiger partial charge is 0.414 e. The number of nitrogens with zero attached hydrogens (tertiary/aromatic N) is 3. The van der Waals surface area contributed by atoms with Gasteiger partial charge in [0.25, 0.3) is 0 Å². The van der Waals surface area contributed by atoms with Crippen molar-refractivity contribution >= 4 is 40.8 Å². The molecule has 1 N–H and O–H groups in total. The Morgan fingerprint density at radius 1 is 1.08 bits per heavy atom. The van der Waals surface area contributed by atoms with Gasteiger partial charge < -0.3 is 19.3 Å². The van der Waals surface area contributed by atoms with Crippen LogP contribution >= 0.6 is 23.2 Å². The standard InChI is InChI=1S/C37H32Cl2FN3O6/c1-23-29(38)11-6-13-33(23)47-16-17-49-37(46)43-14-7-15-48-36-27(10-5-12-32(36)43)26-20-41-42(21-26)22-28-30(39)18-25(19-31(28)40)35(45)34(44)24-8-3-2-4-9-24/h2-6,8-13,18-21,34,44H,7,14-17,22H2,1H3/i16D2. The van der Waals surface area contributed by atoms with Gasteiger partial charge in [-0.1, -0.05) is 71.7 Å². The highest BCUT2D eigenvalue weighted by molar-refractivity contribution is 6.32. The molecule has 0 radical (unpaired) electrons. The van der Waals surface area contributed by atoms with Crippen molar-refractivity contribution in [3.05, 3.63) is 129 Å². The number of aromatic nitrogens is 2. The lowest BCUT2D eigenvalue weighted by Gasteiger charge is -2.22. The number of benzene rings is 4. The van der Waals surface area contributed by atoms with Gasteiger partial charge in [-0.15, -0.1) is 0 Å². The van der Waals surface area contributed by atoms with E-state index < -0.39 is 37.0 Å². The Hall–Kier alpha value is -4.90. The molecule has 1 aromatic heterocycles. The van der Waals surface area contributed by atoms with E-state index in [4.69, 9.17) is 40.2 Å². The van der Waals surface area contributed by atoms with Crippen molar-refractivity contribution in [2.24, 2.45) is 0 Å². The van der Waals surface area contributed by atoms with Crippen molar-refractivity contribution in [2.45, 2.75) is 26.0 Å². The van der Waals surface area contributed by atoms with Crippen LogP contribution in [0.15, 0.2) is 91.3 Å². The van der Waals surface area contributed by atoms with E-state index in [9.17, 15) is 14.7 Å². The number of rotatable bonds is 10. The van der Waals surface area contributed by atoms with Crippen LogP contribution in [0.2, 0.25) is 10.0 Å². The van der Waals surface area contributed by atoms with Crippen molar-refractivity contribution in [1.82, 2.24) is 9.78 Å². The van der Waals surface area contributed by atoms with Crippen molar-refractivity contribution in [3.63, 3.8) is 0 Å². The fourth-order valence-electron chi connectivity index (χ4n) is 5.39. The van der Waals surface area contributed by atoms with Crippen molar-refractivity contribution < 1.29 is 36.0 Å². The van der Waals surface area contributed by atoms with Gasteiger partial charge in [0, 0.05) is 50.6 Å². The van der Waals surface area contributed by atoms with Gasteiger partial charge in [0.2, 0.25) is 0 Å². The van der Waals surface area contributed by atoms with E-state index in [1.54, 1.807) is 86.0 Å². The summed E-state index contributed by atoms with van der Waals surface area (Å²) in [6.07, 6.45) is 1.46. The number of fused-ring (bicyclic) bond motifs is 1. The van der Waals surface area contributed by atoms with Gasteiger partial charge in [-0.2, -0.15) is 5.10 Å². The van der Waals surface area contributed by atoms with Crippen LogP contribution in [-0.2, 0) is 11.3 Å². The van der Waals surface area contributed by atoms with Gasteiger partial charge in [-0.3, -0.25) is 14.4 Å². The lowest BCUT2D eigenvalue weighted by Crippen LogP contribution is -2.33. The minimum Gasteiger partial charge on any atom is -0.491 e. The molecule has 0 aliphatic carbocycles. The first-order chi connectivity index (χ1) is 24.4. The second-order valence-electron chi connectivity index (χ2n) is 11.2. The lowest BCUT2D eigenvalue weighted by molar-refractivity contribution is 0.0747. The number of amides is 1. The molecule has 1 aliphatic heterocycles. The molecule has 1 aliphatic rings. The summed E-state index contributed by atoms with van der Waals surface area (Å²) in [5, 5.41) is 15.3. The number of hydrogen-bond donors (Lipinski definition) is 1. The molecular weight excluding hydrogens is 672 g/mol. The molecule has 9 nitrogen and oxygen atoms in total. The molecule has 1 unspecified atom stereocenters. The third kappa shape index (κ3) is 7.57. The van der Waals surface area contributed by atoms with E-state index in [1.165, 1.54) is 15.6 Å². The molecule has 0 fully saturated rings. The Balaban J connectivity index is 1.17. The molecule has 1 amide bonds. The summed E-state index contributed by atoms with van der Waals surface area (Å²) in [7, 11) is 0. The molecule has 1 atom stereocenters. The van der Waals surface area contributed by atoms with Crippen LogP contribution in [0.5, 0.6) is 11.5 Å². The molecule has 252 valence electrons. The van der Waals surface area contributed by atoms with Gasteiger partial charge >= 0.3 is 6.09 Å². The van der Waals surface area contributed by atoms with Crippen molar-refractivity contribution in [2.75, 3.05) is 31.2 Å². The van der Waals surface area contributed by atoms with Gasteiger partial charge in [-0.25, -0.2) is 9.18 Å². The molecule has 2 heterocycles. The van der Waals surface area contributed by atoms with Gasteiger partial charge in [0.15, 0.2) is 11.5 Å². The second-order valence-corrected chi connectivity index (χ2v) is 12.0. The van der Waals surface area contributed by atoms with Gasteiger partial charge in [0.1, 0.15) is 30.8 Å². The maximum Gasteiger partial charge on any atom is 0.414 e. The molecule has 0 bridgehead atoms. The minimum atomic E-state index is -2.34. The Labute approximate surface area is 295 Å². The monoisotopic (exact) mass is 705 g/mol. The predicted octanol–water partition coefficient (Wildman–Crippen LogP) is 8.07. The van der Waals surface area contributed by atoms with Crippen LogP contribution in [0.25, 0.3) is 11.1 Å². The number of ketones is 1. The average molecular weight is 707 g/mol. The summed E-state index contributed by atoms with van der Waals surface area (Å²) < 4.78 is 50.4. The van der Waals surface area contributed by atoms with Gasteiger partial charge in [-0.05, 0) is 49.2 Å². The molecule has 0 spiro atoms. The van der Waals surface area contributed by atoms with Crippen LogP contribution in [0.4, 0.5) is 14.9 Å². The molecule has 49 heavy (non-hydrogen) atoms. The Bertz CT molecular complexity index is 2060. The van der Waals surface area contributed by atoms with E-state index >= 15 is 4.39 Å². The highest BCUT2D eigenvalue weighted by Gasteiger charge is 2.27. The number of Topliss-reactive ketones (excluding diaryl/α,β-unsaturated/α-hetero) is 1. The van der Waals surface area contributed by atoms with Gasteiger partial charge in [0.05, 0.1) is 27.8 Å². The highest BCUT2D eigenvalue weighted by Crippen LogP contribution is 2.40. The SMILES string of the molecule is [2H]C([2H])(COC(=O)N1CCCOc2c(-c3cnn(Cc4c(F)cc(C(=O)C(O)c5ccccc5)cc4Cl)c3)cccc21)Oc1cccc(Cl)c1C. The third-order valence-electron chi connectivity index (χ3n) is 7.99. The minimum absolute atomic E-state index is 0.000735. The molecule has 0 saturated heterocycles. The average Bonchev–Trinajstić information content (AvgIpc) is 3.47. The number of hydrogen-bond acceptors (Lipinski definition) is 7. The number of carbonyl (C=O) groups is 2. The largest absolute Gasteiger partial charge is 0.491 e. The van der Waals surface area contributed by atoms with Crippen LogP contribution in [-0.4, -0.2) is 53.1 Å². The zero-order valence-electron chi connectivity index (χ0n) is 28.2. The normalized spacial score (nSPS) is 14.1. The number of halogens is 3. The van der Waals surface area contributed by atoms with E-state index in [2.05, 4.69) is 5.10 Å². The number of aliphatic hydroxyl groups is 1. The predicted molar refractivity (Wildman–Crippen MR) is 184 cm³/mol. The maximum atomic E-state index is 15.4. The number of anilines is 1. The lowest BCUT2D eigenvalue weighted by atomic mass is 9.99. The topological polar surface area (TPSA) is 103 Å². The zero-order chi connectivity index (χ0) is 36.3. The summed E-state index contributed by atoms with van der Waals surface area (Å²) in [4.78, 5) is 27.6. The number of para-hydroxylation sites is 1. The summed E-state index contributed by atoms with van der Waals surface area (Å²) in [5.74, 6) is -0.786. The van der Waals surface area contributed by atoms with Crippen LogP contribution < -0.4 is 14.4 Å². The van der Waals surface area contributed by atoms with Crippen LogP contribution in [0, 0.1) is 12.7 Å². The Morgan fingerprint density at radius 2 is 1.88 bits per heavy atom. The second kappa shape index (κ2) is 15.1. The third-order valence-corrected chi connectivity index (χ3v) is 8.73. The quantitative estimate of drug-likeness (QED) is 0.147. The molecule has 6 rings (SSSR count). The first-order valence-corrected chi connectivity index (χ1v) is 16.1. The summed E-state index contributed by atoms with van der Waals surface area (Å²) in [6, 6.07) is 20.8. The molecule has 5 aromatic rings. The zero-order valence-corrected chi connectivity index (χ0v) is 27.7. The Kier molecular flexibility index (Phi) is 9.68. The molecule has 4 aromatic carbocycles. The summed E-state index contributed by atoms with van der Waals surface area (Å²) >= 11 is 12.6. The summed E-state index contributed by atoms with van der Waals surface area (Å²) in [5.41, 5.74) is 2.61. The first-order valence-electron chi connectivity index (χ1n) is 16.3. The van der Waals surface area contributed by atoms with Crippen LogP contribution in [0.1, 0.15) is 42.3 Å². The summed E-state index contributed by atoms with van der Waals surface area (Å²) in [6.45, 7) is -0.834. The molecule has 12 heteroatoms. The van der Waals surface area contributed by atoms with E-state index in [-0.39, 0.29) is 35.0 Å². The van der Waals surface area contributed by atoms with Crippen molar-refractivity contribution in [1.29, 1.82) is 0 Å². The number of carbonyl (C=O) groups excluding carboxylic acids is 2. The molecule has 0 saturated carbocycles. The Morgan fingerprint density at radius 3 is 2.67 bits per heavy atom. The van der Waals surface area contributed by atoms with E-state index in [0.29, 0.717) is 51.7 Å². The fourth-order valence-corrected chi connectivity index (χ4v) is 5.82. The van der Waals surface area contributed by atoms with E-state index in [1.807, 2.05) is 0 Å². The highest BCUT2D eigenvalue weighted by atomic mass is 35.5. The number of ether oxygens (including phenoxy) is 3. The van der Waals surface area contributed by atoms with Crippen LogP contribution in [0.3, 0.4) is 0 Å². The van der Waals surface area contributed by atoms with Crippen molar-refractivity contribution in [3.8, 4) is 22.6 Å². The van der Waals surface area contributed by atoms with E-state index in [0.717, 1.165) is 6.07 Å².